The van der Waals surface area contributed by atoms with Crippen molar-refractivity contribution in [1.29, 1.82) is 0 Å². The van der Waals surface area contributed by atoms with Crippen molar-refractivity contribution in [2.45, 2.75) is 39.2 Å². The Hall–Kier alpha value is -1.10. The normalized spacial score (nSPS) is 16.9. The number of carboxylic acid groups (broad SMARTS) is 1. The number of hydrogen-bond acceptors (Lipinski definition) is 3. The fourth-order valence-electron chi connectivity index (χ4n) is 1.85. The molecule has 0 saturated heterocycles. The molecular weight excluding hydrogens is 220 g/mol. The summed E-state index contributed by atoms with van der Waals surface area (Å²) in [6, 6.07) is -0.576. The fraction of sp³-hybridized carbons (Fsp3) is 0.833. The van der Waals surface area contributed by atoms with Crippen molar-refractivity contribution >= 4 is 11.9 Å². The molecule has 0 aromatic carbocycles. The highest BCUT2D eigenvalue weighted by molar-refractivity contribution is 5.85. The summed E-state index contributed by atoms with van der Waals surface area (Å²) in [4.78, 5) is 24.1. The monoisotopic (exact) mass is 242 g/mol. The first kappa shape index (κ1) is 14.0. The molecule has 1 unspecified atom stereocenters. The average Bonchev–Trinajstić information content (AvgIpc) is 2.97. The molecule has 5 heteroatoms. The number of carboxylic acids is 1. The number of carbonyl (C=O) groups excluding carboxylic acids is 1. The summed E-state index contributed by atoms with van der Waals surface area (Å²) in [5, 5.41) is 8.80. The number of rotatable bonds is 7. The van der Waals surface area contributed by atoms with Crippen molar-refractivity contribution in [1.82, 2.24) is 4.90 Å². The first-order chi connectivity index (χ1) is 7.90. The third-order valence-electron chi connectivity index (χ3n) is 2.86. The van der Waals surface area contributed by atoms with E-state index in [4.69, 9.17) is 10.8 Å². The van der Waals surface area contributed by atoms with Gasteiger partial charge >= 0.3 is 5.97 Å². The van der Waals surface area contributed by atoms with E-state index in [1.54, 1.807) is 0 Å². The van der Waals surface area contributed by atoms with Gasteiger partial charge < -0.3 is 15.7 Å². The molecule has 1 amide bonds. The van der Waals surface area contributed by atoms with Gasteiger partial charge in [-0.25, -0.2) is 0 Å². The van der Waals surface area contributed by atoms with Crippen LogP contribution in [0.25, 0.3) is 0 Å². The second-order valence-electron chi connectivity index (χ2n) is 5.29. The summed E-state index contributed by atoms with van der Waals surface area (Å²) in [6.07, 6.45) is 2.77. The highest BCUT2D eigenvalue weighted by Crippen LogP contribution is 2.29. The quantitative estimate of drug-likeness (QED) is 0.687. The van der Waals surface area contributed by atoms with Crippen LogP contribution in [0.5, 0.6) is 0 Å². The van der Waals surface area contributed by atoms with E-state index in [-0.39, 0.29) is 12.5 Å². The topological polar surface area (TPSA) is 83.6 Å². The third kappa shape index (κ3) is 5.17. The highest BCUT2D eigenvalue weighted by atomic mass is 16.4. The van der Waals surface area contributed by atoms with E-state index in [1.165, 1.54) is 4.90 Å². The largest absolute Gasteiger partial charge is 0.480 e. The van der Waals surface area contributed by atoms with Crippen LogP contribution in [0.1, 0.15) is 33.1 Å². The molecule has 3 N–H and O–H groups in total. The molecule has 1 aliphatic rings. The van der Waals surface area contributed by atoms with Crippen molar-refractivity contribution in [2.24, 2.45) is 17.6 Å². The Balaban J connectivity index is 2.53. The number of amides is 1. The minimum Gasteiger partial charge on any atom is -0.480 e. The molecule has 0 aliphatic heterocycles. The lowest BCUT2D eigenvalue weighted by Crippen LogP contribution is -2.47. The van der Waals surface area contributed by atoms with Gasteiger partial charge in [0.25, 0.3) is 0 Å². The van der Waals surface area contributed by atoms with Crippen molar-refractivity contribution < 1.29 is 14.7 Å². The van der Waals surface area contributed by atoms with E-state index in [0.717, 1.165) is 12.8 Å². The van der Waals surface area contributed by atoms with E-state index in [9.17, 15) is 9.59 Å². The van der Waals surface area contributed by atoms with Gasteiger partial charge in [-0.05, 0) is 31.1 Å². The summed E-state index contributed by atoms with van der Waals surface area (Å²) in [5.41, 5.74) is 5.81. The molecule has 0 heterocycles. The van der Waals surface area contributed by atoms with Gasteiger partial charge in [0.15, 0.2) is 0 Å². The number of carbonyl (C=O) groups is 2. The van der Waals surface area contributed by atoms with Crippen molar-refractivity contribution in [3.63, 3.8) is 0 Å². The van der Waals surface area contributed by atoms with Crippen LogP contribution < -0.4 is 5.73 Å². The molecule has 1 fully saturated rings. The van der Waals surface area contributed by atoms with E-state index in [0.29, 0.717) is 24.8 Å². The highest BCUT2D eigenvalue weighted by Gasteiger charge is 2.30. The molecule has 0 aromatic rings. The molecule has 0 aromatic heterocycles. The van der Waals surface area contributed by atoms with Crippen LogP contribution in [-0.2, 0) is 9.59 Å². The summed E-state index contributed by atoms with van der Waals surface area (Å²) in [6.45, 7) is 4.29. The zero-order valence-electron chi connectivity index (χ0n) is 10.6. The Morgan fingerprint density at radius 2 is 2.00 bits per heavy atom. The molecular formula is C12H22N2O3. The SMILES string of the molecule is CC(C)CC(N)C(=O)N(CC(=O)O)CC1CC1. The minimum absolute atomic E-state index is 0.229. The first-order valence-corrected chi connectivity index (χ1v) is 6.16. The Morgan fingerprint density at radius 1 is 1.41 bits per heavy atom. The van der Waals surface area contributed by atoms with Gasteiger partial charge in [-0.15, -0.1) is 0 Å². The Labute approximate surface area is 102 Å². The van der Waals surface area contributed by atoms with Crippen molar-refractivity contribution in [3.8, 4) is 0 Å². The zero-order valence-corrected chi connectivity index (χ0v) is 10.6. The molecule has 17 heavy (non-hydrogen) atoms. The summed E-state index contributed by atoms with van der Waals surface area (Å²) >= 11 is 0. The standard InChI is InChI=1S/C12H22N2O3/c1-8(2)5-10(13)12(17)14(7-11(15)16)6-9-3-4-9/h8-10H,3-7,13H2,1-2H3,(H,15,16). The summed E-state index contributed by atoms with van der Waals surface area (Å²) in [7, 11) is 0. The van der Waals surface area contributed by atoms with E-state index in [2.05, 4.69) is 0 Å². The molecule has 1 rings (SSSR count). The Bertz CT molecular complexity index is 287. The van der Waals surface area contributed by atoms with Gasteiger partial charge in [-0.3, -0.25) is 9.59 Å². The van der Waals surface area contributed by atoms with Crippen molar-refractivity contribution in [2.75, 3.05) is 13.1 Å². The van der Waals surface area contributed by atoms with Gasteiger partial charge in [-0.2, -0.15) is 0 Å². The number of nitrogens with two attached hydrogens (primary N) is 1. The van der Waals surface area contributed by atoms with E-state index >= 15 is 0 Å². The Kier molecular flexibility index (Phi) is 4.93. The van der Waals surface area contributed by atoms with Crippen LogP contribution in [0.2, 0.25) is 0 Å². The molecule has 1 aliphatic carbocycles. The average molecular weight is 242 g/mol. The van der Waals surface area contributed by atoms with Gasteiger partial charge in [0.2, 0.25) is 5.91 Å². The number of hydrogen-bond donors (Lipinski definition) is 2. The second-order valence-corrected chi connectivity index (χ2v) is 5.29. The lowest BCUT2D eigenvalue weighted by atomic mass is 10.0. The van der Waals surface area contributed by atoms with E-state index in [1.807, 2.05) is 13.8 Å². The second kappa shape index (κ2) is 6.00. The number of nitrogens with zero attached hydrogens (tertiary/aromatic N) is 1. The van der Waals surface area contributed by atoms with Gasteiger partial charge in [0.05, 0.1) is 6.04 Å². The molecule has 98 valence electrons. The fourth-order valence-corrected chi connectivity index (χ4v) is 1.85. The third-order valence-corrected chi connectivity index (χ3v) is 2.86. The van der Waals surface area contributed by atoms with Crippen LogP contribution in [0.15, 0.2) is 0 Å². The minimum atomic E-state index is -0.976. The maximum atomic E-state index is 12.0. The first-order valence-electron chi connectivity index (χ1n) is 6.16. The maximum Gasteiger partial charge on any atom is 0.323 e. The molecule has 0 spiro atoms. The molecule has 1 saturated carbocycles. The van der Waals surface area contributed by atoms with E-state index < -0.39 is 12.0 Å². The molecule has 5 nitrogen and oxygen atoms in total. The molecule has 1 atom stereocenters. The van der Waals surface area contributed by atoms with Gasteiger partial charge in [-0.1, -0.05) is 13.8 Å². The lowest BCUT2D eigenvalue weighted by molar-refractivity contribution is -0.145. The predicted molar refractivity (Wildman–Crippen MR) is 64.4 cm³/mol. The maximum absolute atomic E-state index is 12.0. The zero-order chi connectivity index (χ0) is 13.0. The van der Waals surface area contributed by atoms with Crippen LogP contribution in [-0.4, -0.2) is 41.0 Å². The van der Waals surface area contributed by atoms with Gasteiger partial charge in [0, 0.05) is 6.54 Å². The van der Waals surface area contributed by atoms with Crippen LogP contribution in [0.3, 0.4) is 0 Å². The Morgan fingerprint density at radius 3 is 2.41 bits per heavy atom. The predicted octanol–water partition coefficient (Wildman–Crippen LogP) is 0.683. The van der Waals surface area contributed by atoms with Crippen LogP contribution in [0, 0.1) is 11.8 Å². The summed E-state index contributed by atoms with van der Waals surface area (Å²) < 4.78 is 0. The number of aliphatic carboxylic acids is 1. The van der Waals surface area contributed by atoms with Crippen molar-refractivity contribution in [3.05, 3.63) is 0 Å². The summed E-state index contributed by atoms with van der Waals surface area (Å²) in [5.74, 6) is -0.394. The smallest absolute Gasteiger partial charge is 0.323 e. The molecule has 0 radical (unpaired) electrons. The van der Waals surface area contributed by atoms with Gasteiger partial charge in [0.1, 0.15) is 6.54 Å². The lowest BCUT2D eigenvalue weighted by Gasteiger charge is -2.24. The van der Waals surface area contributed by atoms with Crippen LogP contribution in [0.4, 0.5) is 0 Å². The molecule has 0 bridgehead atoms. The van der Waals surface area contributed by atoms with Crippen LogP contribution >= 0.6 is 0 Å².